The van der Waals surface area contributed by atoms with Gasteiger partial charge in [0.15, 0.2) is 5.78 Å². The molecule has 2 aliphatic rings. The number of carbonyl (C=O) groups excluding carboxylic acids is 2. The van der Waals surface area contributed by atoms with Crippen molar-refractivity contribution in [1.29, 1.82) is 0 Å². The number of hydrogen-bond donors (Lipinski definition) is 4. The second kappa shape index (κ2) is 9.88. The van der Waals surface area contributed by atoms with Crippen LogP contribution >= 0.6 is 0 Å². The molecule has 0 aliphatic carbocycles. The van der Waals surface area contributed by atoms with Crippen LogP contribution in [0, 0.1) is 0 Å². The molecule has 0 unspecified atom stereocenters. The predicted molar refractivity (Wildman–Crippen MR) is 112 cm³/mol. The third kappa shape index (κ3) is 5.27. The van der Waals surface area contributed by atoms with Gasteiger partial charge in [0.05, 0.1) is 6.10 Å². The van der Waals surface area contributed by atoms with Crippen LogP contribution in [-0.4, -0.2) is 71.6 Å². The molecule has 1 aromatic rings. The van der Waals surface area contributed by atoms with Crippen molar-refractivity contribution >= 4 is 23.5 Å². The topological polar surface area (TPSA) is 119 Å². The molecule has 8 nitrogen and oxygen atoms in total. The summed E-state index contributed by atoms with van der Waals surface area (Å²) in [4.78, 5) is 26.8. The van der Waals surface area contributed by atoms with Crippen molar-refractivity contribution in [3.8, 4) is 5.75 Å². The maximum Gasteiger partial charge on any atom is 0.342 e. The number of carbonyl (C=O) groups is 2. The summed E-state index contributed by atoms with van der Waals surface area (Å²) < 4.78 is 5.44. The summed E-state index contributed by atoms with van der Waals surface area (Å²) in [6.45, 7) is 4.84. The van der Waals surface area contributed by atoms with Crippen molar-refractivity contribution in [1.82, 2.24) is 5.32 Å². The highest BCUT2D eigenvalue weighted by Crippen LogP contribution is 2.31. The van der Waals surface area contributed by atoms with Gasteiger partial charge in [-0.05, 0) is 31.1 Å². The zero-order valence-corrected chi connectivity index (χ0v) is 17.0. The van der Waals surface area contributed by atoms with Crippen LogP contribution in [0.5, 0.6) is 5.75 Å². The van der Waals surface area contributed by atoms with Crippen molar-refractivity contribution < 1.29 is 29.6 Å². The first-order chi connectivity index (χ1) is 14.4. The van der Waals surface area contributed by atoms with Crippen LogP contribution in [0.25, 0.3) is 6.08 Å². The average Bonchev–Trinajstić information content (AvgIpc) is 2.72. The van der Waals surface area contributed by atoms with Crippen molar-refractivity contribution in [2.24, 2.45) is 0 Å². The SMILES string of the molecule is C[C@H]1C/C=C\C(=O)[C@@H](O)[C@@H](O)C/C=C/c2cc(N3CCNCC3)cc(O)c2C(=O)O1. The largest absolute Gasteiger partial charge is 0.507 e. The fraction of sp³-hybridized carbons (Fsp3) is 0.455. The Morgan fingerprint density at radius 1 is 1.07 bits per heavy atom. The number of fused-ring (bicyclic) bond motifs is 1. The van der Waals surface area contributed by atoms with Crippen LogP contribution < -0.4 is 10.2 Å². The minimum Gasteiger partial charge on any atom is -0.507 e. The molecule has 0 bridgehead atoms. The molecular weight excluding hydrogens is 388 g/mol. The van der Waals surface area contributed by atoms with Crippen LogP contribution in [0.1, 0.15) is 35.7 Å². The van der Waals surface area contributed by atoms with Gasteiger partial charge in [-0.15, -0.1) is 0 Å². The van der Waals surface area contributed by atoms with Gasteiger partial charge in [0.1, 0.15) is 23.5 Å². The molecule has 162 valence electrons. The fourth-order valence-electron chi connectivity index (χ4n) is 3.51. The van der Waals surface area contributed by atoms with Crippen LogP contribution in [0.4, 0.5) is 5.69 Å². The number of hydrogen-bond acceptors (Lipinski definition) is 8. The number of phenolic OH excluding ortho intramolecular Hbond substituents is 1. The maximum atomic E-state index is 12.8. The Morgan fingerprint density at radius 2 is 1.77 bits per heavy atom. The minimum absolute atomic E-state index is 0.00423. The van der Waals surface area contributed by atoms with Crippen LogP contribution in [0.3, 0.4) is 0 Å². The number of nitrogens with zero attached hydrogens (tertiary/aromatic N) is 1. The molecule has 30 heavy (non-hydrogen) atoms. The molecule has 3 rings (SSSR count). The van der Waals surface area contributed by atoms with Crippen molar-refractivity contribution in [2.75, 3.05) is 31.1 Å². The Morgan fingerprint density at radius 3 is 2.50 bits per heavy atom. The van der Waals surface area contributed by atoms with Gasteiger partial charge >= 0.3 is 5.97 Å². The van der Waals surface area contributed by atoms with E-state index in [0.29, 0.717) is 5.56 Å². The molecule has 3 atom stereocenters. The highest BCUT2D eigenvalue weighted by Gasteiger charge is 2.24. The summed E-state index contributed by atoms with van der Waals surface area (Å²) in [5.74, 6) is -1.45. The van der Waals surface area contributed by atoms with Crippen LogP contribution in [0.15, 0.2) is 30.4 Å². The van der Waals surface area contributed by atoms with E-state index in [1.54, 1.807) is 31.2 Å². The first-order valence-corrected chi connectivity index (χ1v) is 10.1. The monoisotopic (exact) mass is 416 g/mol. The number of rotatable bonds is 1. The standard InChI is InChI=1S/C22H28N2O6/c1-14-4-2-6-17(25)21(28)18(26)7-3-5-15-12-16(24-10-8-23-9-11-24)13-19(27)20(15)22(29)30-14/h2-3,5-6,12-14,18,21,23,26-28H,4,7-11H2,1H3/b5-3+,6-2-/t14-,18-,21+/m0/s1. The second-order valence-electron chi connectivity index (χ2n) is 7.57. The van der Waals surface area contributed by atoms with Crippen LogP contribution in [0.2, 0.25) is 0 Å². The lowest BCUT2D eigenvalue weighted by molar-refractivity contribution is -0.127. The first kappa shape index (κ1) is 22.0. The molecule has 2 heterocycles. The van der Waals surface area contributed by atoms with E-state index in [1.165, 1.54) is 12.2 Å². The first-order valence-electron chi connectivity index (χ1n) is 10.1. The van der Waals surface area contributed by atoms with E-state index in [9.17, 15) is 24.9 Å². The third-order valence-corrected chi connectivity index (χ3v) is 5.21. The van der Waals surface area contributed by atoms with Gasteiger partial charge in [-0.1, -0.05) is 18.2 Å². The number of esters is 1. The highest BCUT2D eigenvalue weighted by molar-refractivity contribution is 5.98. The van der Waals surface area contributed by atoms with Gasteiger partial charge < -0.3 is 30.3 Å². The van der Waals surface area contributed by atoms with Crippen molar-refractivity contribution in [3.05, 3.63) is 41.5 Å². The molecular formula is C22H28N2O6. The summed E-state index contributed by atoms with van der Waals surface area (Å²) in [5, 5.41) is 34.0. The van der Waals surface area contributed by atoms with E-state index in [2.05, 4.69) is 10.2 Å². The van der Waals surface area contributed by atoms with E-state index >= 15 is 0 Å². The minimum atomic E-state index is -1.54. The number of aromatic hydroxyl groups is 1. The Kier molecular flexibility index (Phi) is 7.25. The van der Waals surface area contributed by atoms with E-state index in [-0.39, 0.29) is 24.2 Å². The Bertz CT molecular complexity index is 844. The van der Waals surface area contributed by atoms with E-state index in [0.717, 1.165) is 31.9 Å². The second-order valence-corrected chi connectivity index (χ2v) is 7.57. The number of phenols is 1. The number of ketones is 1. The Labute approximate surface area is 175 Å². The molecule has 1 fully saturated rings. The molecule has 1 saturated heterocycles. The molecule has 0 amide bonds. The number of aliphatic hydroxyl groups is 2. The number of aliphatic hydroxyl groups excluding tert-OH is 2. The predicted octanol–water partition coefficient (Wildman–Crippen LogP) is 1.00. The molecule has 0 spiro atoms. The lowest BCUT2D eigenvalue weighted by Gasteiger charge is -2.30. The molecule has 0 radical (unpaired) electrons. The summed E-state index contributed by atoms with van der Waals surface area (Å²) in [6.07, 6.45) is 2.73. The zero-order chi connectivity index (χ0) is 21.7. The summed E-state index contributed by atoms with van der Waals surface area (Å²) in [6, 6.07) is 3.35. The van der Waals surface area contributed by atoms with Crippen molar-refractivity contribution in [2.45, 2.75) is 38.1 Å². The van der Waals surface area contributed by atoms with E-state index in [4.69, 9.17) is 4.74 Å². The zero-order valence-electron chi connectivity index (χ0n) is 17.0. The van der Waals surface area contributed by atoms with Crippen molar-refractivity contribution in [3.63, 3.8) is 0 Å². The smallest absolute Gasteiger partial charge is 0.342 e. The van der Waals surface area contributed by atoms with Gasteiger partial charge in [-0.25, -0.2) is 4.79 Å². The van der Waals surface area contributed by atoms with Gasteiger partial charge in [-0.3, -0.25) is 4.79 Å². The van der Waals surface area contributed by atoms with Gasteiger partial charge in [0, 0.05) is 44.4 Å². The highest BCUT2D eigenvalue weighted by atomic mass is 16.5. The van der Waals surface area contributed by atoms with E-state index in [1.807, 2.05) is 0 Å². The molecule has 2 aliphatic heterocycles. The molecule has 4 N–H and O–H groups in total. The number of anilines is 1. The average molecular weight is 416 g/mol. The quantitative estimate of drug-likeness (QED) is 0.501. The fourth-order valence-corrected chi connectivity index (χ4v) is 3.51. The normalized spacial score (nSPS) is 28.2. The van der Waals surface area contributed by atoms with Crippen LogP contribution in [-0.2, 0) is 9.53 Å². The summed E-state index contributed by atoms with van der Waals surface area (Å²) in [5.41, 5.74) is 1.27. The number of ether oxygens (including phenoxy) is 1. The number of nitrogens with one attached hydrogen (secondary N) is 1. The lowest BCUT2D eigenvalue weighted by atomic mass is 10.0. The maximum absolute atomic E-state index is 12.8. The van der Waals surface area contributed by atoms with Gasteiger partial charge in [0.25, 0.3) is 0 Å². The number of cyclic esters (lactones) is 1. The molecule has 0 aromatic heterocycles. The Hall–Kier alpha value is -2.68. The number of piperazine rings is 1. The van der Waals surface area contributed by atoms with Gasteiger partial charge in [0.2, 0.25) is 0 Å². The number of benzene rings is 1. The summed E-state index contributed by atoms with van der Waals surface area (Å²) in [7, 11) is 0. The molecule has 1 aromatic carbocycles. The third-order valence-electron chi connectivity index (χ3n) is 5.21. The Balaban J connectivity index is 1.98. The lowest BCUT2D eigenvalue weighted by Crippen LogP contribution is -2.43. The van der Waals surface area contributed by atoms with Gasteiger partial charge in [-0.2, -0.15) is 0 Å². The van der Waals surface area contributed by atoms with E-state index < -0.39 is 30.1 Å². The molecule has 8 heteroatoms. The molecule has 0 saturated carbocycles. The summed E-state index contributed by atoms with van der Waals surface area (Å²) >= 11 is 0.